The molecule has 1 heterocycles. The summed E-state index contributed by atoms with van der Waals surface area (Å²) in [5.74, 6) is 1.18. The Morgan fingerprint density at radius 3 is 2.50 bits per heavy atom. The van der Waals surface area contributed by atoms with Crippen LogP contribution in [0, 0.1) is 5.92 Å². The second kappa shape index (κ2) is 10.5. The first-order valence-corrected chi connectivity index (χ1v) is 9.23. The van der Waals surface area contributed by atoms with Gasteiger partial charge in [-0.25, -0.2) is 9.59 Å². The first-order valence-electron chi connectivity index (χ1n) is 9.23. The Bertz CT molecular complexity index is 569. The molecular weight excluding hydrogens is 334 g/mol. The summed E-state index contributed by atoms with van der Waals surface area (Å²) in [6.07, 6.45) is 3.57. The van der Waals surface area contributed by atoms with E-state index in [-0.39, 0.29) is 12.1 Å². The van der Waals surface area contributed by atoms with E-state index in [9.17, 15) is 9.59 Å². The lowest BCUT2D eigenvalue weighted by molar-refractivity contribution is 0.106. The summed E-state index contributed by atoms with van der Waals surface area (Å²) in [6, 6.07) is 7.15. The molecule has 1 aliphatic rings. The van der Waals surface area contributed by atoms with E-state index >= 15 is 0 Å². The van der Waals surface area contributed by atoms with E-state index in [1.54, 1.807) is 4.90 Å². The number of anilines is 1. The molecule has 1 aliphatic heterocycles. The zero-order valence-corrected chi connectivity index (χ0v) is 15.6. The fourth-order valence-corrected chi connectivity index (χ4v) is 2.83. The van der Waals surface area contributed by atoms with Gasteiger partial charge < -0.3 is 25.0 Å². The molecule has 144 valence electrons. The molecule has 1 aromatic carbocycles. The predicted octanol–water partition coefficient (Wildman–Crippen LogP) is 3.47. The Kier molecular flexibility index (Phi) is 8.05. The Morgan fingerprint density at radius 1 is 1.19 bits per heavy atom. The molecule has 0 aromatic heterocycles. The molecular formula is C19H29N3O4. The number of hydrogen-bond acceptors (Lipinski definition) is 4. The summed E-state index contributed by atoms with van der Waals surface area (Å²) in [6.45, 7) is 4.76. The van der Waals surface area contributed by atoms with Crippen molar-refractivity contribution in [1.82, 2.24) is 10.2 Å². The third kappa shape index (κ3) is 6.46. The topological polar surface area (TPSA) is 79.9 Å². The average Bonchev–Trinajstić information content (AvgIpc) is 2.68. The van der Waals surface area contributed by atoms with Crippen LogP contribution in [0.1, 0.15) is 32.6 Å². The van der Waals surface area contributed by atoms with Crippen LogP contribution >= 0.6 is 0 Å². The van der Waals surface area contributed by atoms with Gasteiger partial charge in [-0.15, -0.1) is 0 Å². The molecule has 0 bridgehead atoms. The van der Waals surface area contributed by atoms with E-state index in [2.05, 4.69) is 17.6 Å². The molecule has 2 N–H and O–H groups in total. The van der Waals surface area contributed by atoms with Gasteiger partial charge in [-0.2, -0.15) is 0 Å². The number of likely N-dealkylation sites (tertiary alicyclic amines) is 1. The van der Waals surface area contributed by atoms with Crippen LogP contribution in [0.25, 0.3) is 0 Å². The van der Waals surface area contributed by atoms with Crippen LogP contribution in [-0.2, 0) is 4.74 Å². The van der Waals surface area contributed by atoms with Crippen LogP contribution in [0.15, 0.2) is 24.3 Å². The van der Waals surface area contributed by atoms with Crippen molar-refractivity contribution in [3.8, 4) is 5.75 Å². The highest BCUT2D eigenvalue weighted by atomic mass is 16.5. The standard InChI is InChI=1S/C19H29N3O4/c1-3-4-13-26-17-7-5-16(6-8-17)21-18(23)20-14-15-9-11-22(12-10-15)19(24)25-2/h5-8,15H,3-4,9-14H2,1-2H3,(H2,20,21,23). The number of unbranched alkanes of at least 4 members (excludes halogenated alkanes) is 1. The number of ether oxygens (including phenoxy) is 2. The van der Waals surface area contributed by atoms with Crippen LogP contribution < -0.4 is 15.4 Å². The molecule has 0 unspecified atom stereocenters. The van der Waals surface area contributed by atoms with E-state index in [4.69, 9.17) is 9.47 Å². The Morgan fingerprint density at radius 2 is 1.88 bits per heavy atom. The zero-order chi connectivity index (χ0) is 18.8. The van der Waals surface area contributed by atoms with E-state index in [0.717, 1.165) is 37.1 Å². The maximum absolute atomic E-state index is 12.0. The van der Waals surface area contributed by atoms with E-state index < -0.39 is 0 Å². The number of hydrogen-bond donors (Lipinski definition) is 2. The van der Waals surface area contributed by atoms with Gasteiger partial charge in [0.15, 0.2) is 0 Å². The van der Waals surface area contributed by atoms with Crippen molar-refractivity contribution in [1.29, 1.82) is 0 Å². The number of benzene rings is 1. The van der Waals surface area contributed by atoms with Crippen LogP contribution in [0.5, 0.6) is 5.75 Å². The molecule has 1 saturated heterocycles. The number of piperidine rings is 1. The highest BCUT2D eigenvalue weighted by molar-refractivity contribution is 5.89. The summed E-state index contributed by atoms with van der Waals surface area (Å²) in [4.78, 5) is 25.2. The summed E-state index contributed by atoms with van der Waals surface area (Å²) in [5.41, 5.74) is 0.728. The van der Waals surface area contributed by atoms with Gasteiger partial charge in [0.05, 0.1) is 13.7 Å². The van der Waals surface area contributed by atoms with Gasteiger partial charge >= 0.3 is 12.1 Å². The van der Waals surface area contributed by atoms with Crippen LogP contribution in [-0.4, -0.2) is 50.4 Å². The Balaban J connectivity index is 1.67. The van der Waals surface area contributed by atoms with Crippen molar-refractivity contribution in [3.05, 3.63) is 24.3 Å². The third-order valence-electron chi connectivity index (χ3n) is 4.48. The van der Waals surface area contributed by atoms with Crippen molar-refractivity contribution in [2.24, 2.45) is 5.92 Å². The summed E-state index contributed by atoms with van der Waals surface area (Å²) < 4.78 is 10.3. The summed E-state index contributed by atoms with van der Waals surface area (Å²) in [5, 5.41) is 5.72. The van der Waals surface area contributed by atoms with Crippen LogP contribution in [0.2, 0.25) is 0 Å². The lowest BCUT2D eigenvalue weighted by Crippen LogP contribution is -2.42. The molecule has 26 heavy (non-hydrogen) atoms. The molecule has 0 atom stereocenters. The smallest absolute Gasteiger partial charge is 0.409 e. The number of urea groups is 1. The number of nitrogens with one attached hydrogen (secondary N) is 2. The molecule has 0 radical (unpaired) electrons. The molecule has 1 aromatic rings. The van der Waals surface area contributed by atoms with Gasteiger partial charge in [-0.05, 0) is 49.4 Å². The van der Waals surface area contributed by atoms with E-state index in [1.807, 2.05) is 24.3 Å². The van der Waals surface area contributed by atoms with E-state index in [1.165, 1.54) is 7.11 Å². The van der Waals surface area contributed by atoms with Crippen LogP contribution in [0.4, 0.5) is 15.3 Å². The highest BCUT2D eigenvalue weighted by Crippen LogP contribution is 2.18. The molecule has 3 amide bonds. The SMILES string of the molecule is CCCCOc1ccc(NC(=O)NCC2CCN(C(=O)OC)CC2)cc1. The van der Waals surface area contributed by atoms with Gasteiger partial charge in [0, 0.05) is 25.3 Å². The van der Waals surface area contributed by atoms with Gasteiger partial charge in [-0.3, -0.25) is 0 Å². The number of nitrogens with zero attached hydrogens (tertiary/aromatic N) is 1. The largest absolute Gasteiger partial charge is 0.494 e. The monoisotopic (exact) mass is 363 g/mol. The van der Waals surface area contributed by atoms with Gasteiger partial charge in [-0.1, -0.05) is 13.3 Å². The van der Waals surface area contributed by atoms with Crippen molar-refractivity contribution in [2.45, 2.75) is 32.6 Å². The zero-order valence-electron chi connectivity index (χ0n) is 15.6. The molecule has 7 nitrogen and oxygen atoms in total. The Hall–Kier alpha value is -2.44. The number of carbonyl (C=O) groups is 2. The van der Waals surface area contributed by atoms with E-state index in [0.29, 0.717) is 32.2 Å². The minimum Gasteiger partial charge on any atom is -0.494 e. The van der Waals surface area contributed by atoms with Gasteiger partial charge in [0.1, 0.15) is 5.75 Å². The summed E-state index contributed by atoms with van der Waals surface area (Å²) >= 11 is 0. The minimum absolute atomic E-state index is 0.222. The van der Waals surface area contributed by atoms with Gasteiger partial charge in [0.2, 0.25) is 0 Å². The lowest BCUT2D eigenvalue weighted by Gasteiger charge is -2.30. The minimum atomic E-state index is -0.281. The lowest BCUT2D eigenvalue weighted by atomic mass is 9.97. The number of methoxy groups -OCH3 is 1. The normalized spacial score (nSPS) is 14.6. The second-order valence-corrected chi connectivity index (χ2v) is 6.46. The second-order valence-electron chi connectivity index (χ2n) is 6.46. The van der Waals surface area contributed by atoms with Crippen molar-refractivity contribution >= 4 is 17.8 Å². The maximum atomic E-state index is 12.0. The molecule has 1 fully saturated rings. The number of rotatable bonds is 7. The molecule has 0 spiro atoms. The maximum Gasteiger partial charge on any atom is 0.409 e. The number of carbonyl (C=O) groups excluding carboxylic acids is 2. The highest BCUT2D eigenvalue weighted by Gasteiger charge is 2.23. The first-order chi connectivity index (χ1) is 12.6. The van der Waals surface area contributed by atoms with Crippen molar-refractivity contribution < 1.29 is 19.1 Å². The van der Waals surface area contributed by atoms with Gasteiger partial charge in [0.25, 0.3) is 0 Å². The predicted molar refractivity (Wildman–Crippen MR) is 101 cm³/mol. The summed E-state index contributed by atoms with van der Waals surface area (Å²) in [7, 11) is 1.39. The van der Waals surface area contributed by atoms with Crippen molar-refractivity contribution in [2.75, 3.05) is 38.7 Å². The molecule has 2 rings (SSSR count). The molecule has 0 saturated carbocycles. The van der Waals surface area contributed by atoms with Crippen LogP contribution in [0.3, 0.4) is 0 Å². The molecule has 7 heteroatoms. The fraction of sp³-hybridized carbons (Fsp3) is 0.579. The third-order valence-corrected chi connectivity index (χ3v) is 4.48. The van der Waals surface area contributed by atoms with Crippen molar-refractivity contribution in [3.63, 3.8) is 0 Å². The fourth-order valence-electron chi connectivity index (χ4n) is 2.83. The average molecular weight is 363 g/mol. The first kappa shape index (κ1) is 19.9. The quantitative estimate of drug-likeness (QED) is 0.727. The Labute approximate surface area is 155 Å². The molecule has 0 aliphatic carbocycles. The number of amides is 3.